The highest BCUT2D eigenvalue weighted by Gasteiger charge is 2.42. The Morgan fingerprint density at radius 2 is 2.17 bits per heavy atom. The second-order valence-electron chi connectivity index (χ2n) is 5.79. The molecule has 1 aliphatic rings. The fourth-order valence-corrected chi connectivity index (χ4v) is 2.50. The van der Waals surface area contributed by atoms with E-state index in [0.717, 1.165) is 6.07 Å². The number of carbonyl (C=O) groups is 2. The van der Waals surface area contributed by atoms with Crippen LogP contribution in [0.25, 0.3) is 0 Å². The van der Waals surface area contributed by atoms with Crippen LogP contribution in [-0.2, 0) is 11.3 Å². The van der Waals surface area contributed by atoms with Gasteiger partial charge in [-0.25, -0.2) is 9.18 Å². The first-order chi connectivity index (χ1) is 11.2. The summed E-state index contributed by atoms with van der Waals surface area (Å²) in [5.41, 5.74) is -1.23. The van der Waals surface area contributed by atoms with E-state index >= 15 is 0 Å². The van der Waals surface area contributed by atoms with Crippen LogP contribution >= 0.6 is 0 Å². The molecule has 24 heavy (non-hydrogen) atoms. The summed E-state index contributed by atoms with van der Waals surface area (Å²) in [5.74, 6) is -2.15. The van der Waals surface area contributed by atoms with Crippen molar-refractivity contribution in [2.45, 2.75) is 26.5 Å². The van der Waals surface area contributed by atoms with Crippen LogP contribution in [0.1, 0.15) is 18.9 Å². The lowest BCUT2D eigenvalue weighted by atomic mass is 9.90. The fourth-order valence-electron chi connectivity index (χ4n) is 2.50. The molecule has 1 aliphatic heterocycles. The maximum absolute atomic E-state index is 13.8. The summed E-state index contributed by atoms with van der Waals surface area (Å²) >= 11 is 0. The fraction of sp³-hybridized carbons (Fsp3) is 0.467. The van der Waals surface area contributed by atoms with Crippen LogP contribution < -0.4 is 10.1 Å². The minimum Gasteiger partial charge on any atom is -0.481 e. The number of carboxylic acids is 1. The number of aliphatic carboxylic acids is 1. The van der Waals surface area contributed by atoms with Crippen molar-refractivity contribution < 1.29 is 32.6 Å². The Kier molecular flexibility index (Phi) is 5.20. The molecule has 1 atom stereocenters. The molecule has 1 aromatic carbocycles. The molecule has 0 aliphatic carbocycles. The van der Waals surface area contributed by atoms with E-state index in [1.54, 1.807) is 0 Å². The van der Waals surface area contributed by atoms with Crippen LogP contribution in [0.2, 0.25) is 0 Å². The number of amides is 2. The Labute approximate surface area is 136 Å². The number of likely N-dealkylation sites (tertiary alicyclic amines) is 1. The first-order valence-corrected chi connectivity index (χ1v) is 7.21. The van der Waals surface area contributed by atoms with Crippen LogP contribution in [0.3, 0.4) is 0 Å². The largest absolute Gasteiger partial charge is 0.481 e. The lowest BCUT2D eigenvalue weighted by Crippen LogP contribution is -2.40. The van der Waals surface area contributed by atoms with Gasteiger partial charge >= 0.3 is 18.6 Å². The monoisotopic (exact) mass is 346 g/mol. The van der Waals surface area contributed by atoms with E-state index in [2.05, 4.69) is 10.1 Å². The van der Waals surface area contributed by atoms with E-state index in [0.29, 0.717) is 6.42 Å². The third-order valence-electron chi connectivity index (χ3n) is 3.99. The van der Waals surface area contributed by atoms with Gasteiger partial charge in [-0.1, -0.05) is 6.07 Å². The summed E-state index contributed by atoms with van der Waals surface area (Å²) < 4.78 is 42.7. The molecule has 1 aromatic rings. The highest BCUT2D eigenvalue weighted by atomic mass is 19.3. The van der Waals surface area contributed by atoms with Gasteiger partial charge < -0.3 is 20.1 Å². The summed E-state index contributed by atoms with van der Waals surface area (Å²) in [4.78, 5) is 24.5. The zero-order valence-electron chi connectivity index (χ0n) is 12.9. The molecule has 2 rings (SSSR count). The molecule has 1 fully saturated rings. The van der Waals surface area contributed by atoms with Crippen LogP contribution in [0, 0.1) is 11.2 Å². The summed E-state index contributed by atoms with van der Waals surface area (Å²) in [6.07, 6.45) is 0.301. The van der Waals surface area contributed by atoms with E-state index < -0.39 is 29.8 Å². The van der Waals surface area contributed by atoms with Crippen molar-refractivity contribution in [3.8, 4) is 5.75 Å². The maximum Gasteiger partial charge on any atom is 0.387 e. The van der Waals surface area contributed by atoms with Gasteiger partial charge in [-0.15, -0.1) is 0 Å². The van der Waals surface area contributed by atoms with Crippen molar-refractivity contribution >= 4 is 12.0 Å². The van der Waals surface area contributed by atoms with Crippen LogP contribution in [-0.4, -0.2) is 41.7 Å². The van der Waals surface area contributed by atoms with Gasteiger partial charge in [0.25, 0.3) is 0 Å². The van der Waals surface area contributed by atoms with Gasteiger partial charge in [0.2, 0.25) is 0 Å². The predicted molar refractivity (Wildman–Crippen MR) is 77.2 cm³/mol. The molecule has 132 valence electrons. The maximum atomic E-state index is 13.8. The second kappa shape index (κ2) is 6.98. The van der Waals surface area contributed by atoms with Gasteiger partial charge in [-0.2, -0.15) is 8.78 Å². The first kappa shape index (κ1) is 17.9. The number of carbonyl (C=O) groups excluding carboxylic acids is 1. The average Bonchev–Trinajstić information content (AvgIpc) is 2.90. The van der Waals surface area contributed by atoms with Gasteiger partial charge in [0.15, 0.2) is 0 Å². The minimum atomic E-state index is -3.11. The highest BCUT2D eigenvalue weighted by molar-refractivity contribution is 5.79. The zero-order valence-corrected chi connectivity index (χ0v) is 12.9. The number of alkyl halides is 2. The summed E-state index contributed by atoms with van der Waals surface area (Å²) in [6.45, 7) is -1.67. The van der Waals surface area contributed by atoms with Crippen LogP contribution in [0.15, 0.2) is 18.2 Å². The van der Waals surface area contributed by atoms with E-state index in [4.69, 9.17) is 5.11 Å². The summed E-state index contributed by atoms with van der Waals surface area (Å²) in [7, 11) is 0. The SMILES string of the molecule is CC1(C(=O)O)CCN(C(=O)NCc2c(F)cccc2OC(F)F)C1. The quantitative estimate of drug-likeness (QED) is 0.858. The standard InChI is InChI=1S/C15H17F3N2O4/c1-15(12(21)22)5-6-20(8-15)14(23)19-7-9-10(16)3-2-4-11(9)24-13(17)18/h2-4,13H,5-8H2,1H3,(H,19,23)(H,21,22). The molecular formula is C15H17F3N2O4. The Morgan fingerprint density at radius 1 is 1.46 bits per heavy atom. The van der Waals surface area contributed by atoms with Crippen molar-refractivity contribution in [3.05, 3.63) is 29.6 Å². The number of hydrogen-bond acceptors (Lipinski definition) is 3. The lowest BCUT2D eigenvalue weighted by Gasteiger charge is -2.21. The smallest absolute Gasteiger partial charge is 0.387 e. The molecule has 0 radical (unpaired) electrons. The molecule has 1 saturated heterocycles. The van der Waals surface area contributed by atoms with Crippen LogP contribution in [0.4, 0.5) is 18.0 Å². The molecule has 0 spiro atoms. The number of rotatable bonds is 5. The van der Waals surface area contributed by atoms with Crippen LogP contribution in [0.5, 0.6) is 5.75 Å². The van der Waals surface area contributed by atoms with Gasteiger partial charge in [0.05, 0.1) is 12.0 Å². The third kappa shape index (κ3) is 3.90. The number of carboxylic acid groups (broad SMARTS) is 1. The molecule has 2 N–H and O–H groups in total. The number of halogens is 3. The van der Waals surface area contributed by atoms with E-state index in [1.165, 1.54) is 24.0 Å². The van der Waals surface area contributed by atoms with Crippen molar-refractivity contribution in [3.63, 3.8) is 0 Å². The predicted octanol–water partition coefficient (Wildman–Crippen LogP) is 2.43. The summed E-state index contributed by atoms with van der Waals surface area (Å²) in [5, 5.41) is 11.5. The van der Waals surface area contributed by atoms with Crippen molar-refractivity contribution in [2.24, 2.45) is 5.41 Å². The number of nitrogens with one attached hydrogen (secondary N) is 1. The normalized spacial score (nSPS) is 20.3. The number of benzene rings is 1. The van der Waals surface area contributed by atoms with Gasteiger partial charge in [-0.3, -0.25) is 4.79 Å². The number of urea groups is 1. The Morgan fingerprint density at radius 3 is 2.75 bits per heavy atom. The minimum absolute atomic E-state index is 0.0197. The molecule has 0 saturated carbocycles. The lowest BCUT2D eigenvalue weighted by molar-refractivity contribution is -0.147. The number of nitrogens with zero attached hydrogens (tertiary/aromatic N) is 1. The molecule has 1 heterocycles. The van der Waals surface area contributed by atoms with Crippen molar-refractivity contribution in [1.82, 2.24) is 10.2 Å². The molecular weight excluding hydrogens is 329 g/mol. The van der Waals surface area contributed by atoms with Crippen molar-refractivity contribution in [2.75, 3.05) is 13.1 Å². The molecule has 0 bridgehead atoms. The topological polar surface area (TPSA) is 78.9 Å². The molecule has 6 nitrogen and oxygen atoms in total. The van der Waals surface area contributed by atoms with E-state index in [-0.39, 0.29) is 30.9 Å². The molecule has 2 amide bonds. The highest BCUT2D eigenvalue weighted by Crippen LogP contribution is 2.30. The summed E-state index contributed by atoms with van der Waals surface area (Å²) in [6, 6.07) is 2.87. The van der Waals surface area contributed by atoms with Gasteiger partial charge in [0, 0.05) is 18.7 Å². The van der Waals surface area contributed by atoms with Crippen molar-refractivity contribution in [1.29, 1.82) is 0 Å². The number of hydrogen-bond donors (Lipinski definition) is 2. The molecule has 1 unspecified atom stereocenters. The molecule has 9 heteroatoms. The van der Waals surface area contributed by atoms with E-state index in [1.807, 2.05) is 0 Å². The third-order valence-corrected chi connectivity index (χ3v) is 3.99. The zero-order chi connectivity index (χ0) is 17.9. The molecule has 0 aromatic heterocycles. The van der Waals surface area contributed by atoms with Gasteiger partial charge in [-0.05, 0) is 25.5 Å². The average molecular weight is 346 g/mol. The number of ether oxygens (including phenoxy) is 1. The van der Waals surface area contributed by atoms with E-state index in [9.17, 15) is 22.8 Å². The Hall–Kier alpha value is -2.45. The Bertz CT molecular complexity index is 641. The Balaban J connectivity index is 2.01. The van der Waals surface area contributed by atoms with Gasteiger partial charge in [0.1, 0.15) is 11.6 Å². The first-order valence-electron chi connectivity index (χ1n) is 7.21. The second-order valence-corrected chi connectivity index (χ2v) is 5.79.